The van der Waals surface area contributed by atoms with E-state index >= 15 is 0 Å². The van der Waals surface area contributed by atoms with E-state index < -0.39 is 0 Å². The maximum atomic E-state index is 9.75. The third-order valence-electron chi connectivity index (χ3n) is 4.67. The van der Waals surface area contributed by atoms with Gasteiger partial charge in [-0.15, -0.1) is 0 Å². The second-order valence-corrected chi connectivity index (χ2v) is 7.44. The minimum Gasteiger partial charge on any atom is -0.396 e. The summed E-state index contributed by atoms with van der Waals surface area (Å²) in [5.74, 6) is 3.46. The highest BCUT2D eigenvalue weighted by molar-refractivity contribution is 7.99. The molecule has 1 N–H and O–H groups in total. The molecule has 0 radical (unpaired) electrons. The molecule has 0 atom stereocenters. The van der Waals surface area contributed by atoms with Crippen LogP contribution < -0.4 is 0 Å². The fraction of sp³-hybridized carbons (Fsp3) is 1.00. The molecule has 0 bridgehead atoms. The van der Waals surface area contributed by atoms with Gasteiger partial charge in [0, 0.05) is 6.61 Å². The molecule has 0 spiro atoms. The van der Waals surface area contributed by atoms with E-state index in [1.165, 1.54) is 69.3 Å². The summed E-state index contributed by atoms with van der Waals surface area (Å²) in [5, 5.41) is 9.75. The summed E-state index contributed by atoms with van der Waals surface area (Å²) in [6.45, 7) is 4.93. The van der Waals surface area contributed by atoms with Gasteiger partial charge in [-0.3, -0.25) is 0 Å². The Morgan fingerprint density at radius 1 is 1.17 bits per heavy atom. The van der Waals surface area contributed by atoms with Crippen LogP contribution in [0.4, 0.5) is 0 Å². The normalized spacial score (nSPS) is 28.5. The highest BCUT2D eigenvalue weighted by Crippen LogP contribution is 2.43. The molecule has 1 fully saturated rings. The molecule has 1 nitrogen and oxygen atoms in total. The van der Waals surface area contributed by atoms with Crippen molar-refractivity contribution in [1.29, 1.82) is 0 Å². The van der Waals surface area contributed by atoms with E-state index in [0.717, 1.165) is 5.92 Å². The van der Waals surface area contributed by atoms with E-state index in [9.17, 15) is 5.11 Å². The number of rotatable bonds is 9. The van der Waals surface area contributed by atoms with Gasteiger partial charge in [-0.05, 0) is 61.4 Å². The summed E-state index contributed by atoms with van der Waals surface area (Å²) < 4.78 is 0. The van der Waals surface area contributed by atoms with Crippen LogP contribution in [0.3, 0.4) is 0 Å². The topological polar surface area (TPSA) is 20.2 Å². The van der Waals surface area contributed by atoms with Gasteiger partial charge in [0.1, 0.15) is 0 Å². The zero-order valence-corrected chi connectivity index (χ0v) is 13.2. The van der Waals surface area contributed by atoms with Crippen LogP contribution in [0.2, 0.25) is 0 Å². The molecule has 1 rings (SSSR count). The maximum absolute atomic E-state index is 9.75. The molecule has 18 heavy (non-hydrogen) atoms. The lowest BCUT2D eigenvalue weighted by atomic mass is 9.68. The van der Waals surface area contributed by atoms with E-state index in [2.05, 4.69) is 13.8 Å². The number of hydrogen-bond acceptors (Lipinski definition) is 2. The van der Waals surface area contributed by atoms with Crippen molar-refractivity contribution in [3.05, 3.63) is 0 Å². The zero-order chi connectivity index (χ0) is 13.3. The SMILES string of the molecule is CCCCC1CCC(CO)(CCCSCC)CC1. The number of thioether (sulfide) groups is 1. The Morgan fingerprint density at radius 2 is 1.89 bits per heavy atom. The van der Waals surface area contributed by atoms with Gasteiger partial charge < -0.3 is 5.11 Å². The molecule has 0 heterocycles. The summed E-state index contributed by atoms with van der Waals surface area (Å²) in [6, 6.07) is 0. The average Bonchev–Trinajstić information content (AvgIpc) is 2.43. The van der Waals surface area contributed by atoms with E-state index in [0.29, 0.717) is 6.61 Å². The predicted molar refractivity (Wildman–Crippen MR) is 83.2 cm³/mol. The molecule has 1 saturated carbocycles. The van der Waals surface area contributed by atoms with Crippen LogP contribution in [0.15, 0.2) is 0 Å². The van der Waals surface area contributed by atoms with Crippen LogP contribution in [0, 0.1) is 11.3 Å². The molecule has 1 aliphatic carbocycles. The fourth-order valence-electron chi connectivity index (χ4n) is 3.25. The molecular weight excluding hydrogens is 240 g/mol. The van der Waals surface area contributed by atoms with Crippen molar-refractivity contribution in [1.82, 2.24) is 0 Å². The highest BCUT2D eigenvalue weighted by atomic mass is 32.2. The first-order valence-corrected chi connectivity index (χ1v) is 9.10. The minimum atomic E-state index is 0.289. The van der Waals surface area contributed by atoms with E-state index in [-0.39, 0.29) is 5.41 Å². The smallest absolute Gasteiger partial charge is 0.0487 e. The second-order valence-electron chi connectivity index (χ2n) is 6.04. The van der Waals surface area contributed by atoms with Gasteiger partial charge in [-0.25, -0.2) is 0 Å². The van der Waals surface area contributed by atoms with Crippen molar-refractivity contribution in [3.8, 4) is 0 Å². The minimum absolute atomic E-state index is 0.289. The first kappa shape index (κ1) is 16.4. The summed E-state index contributed by atoms with van der Waals surface area (Å²) in [6.07, 6.45) is 11.9. The summed E-state index contributed by atoms with van der Waals surface area (Å²) in [5.41, 5.74) is 0.289. The lowest BCUT2D eigenvalue weighted by Crippen LogP contribution is -2.31. The van der Waals surface area contributed by atoms with Gasteiger partial charge in [-0.1, -0.05) is 33.1 Å². The van der Waals surface area contributed by atoms with Crippen LogP contribution in [0.5, 0.6) is 0 Å². The van der Waals surface area contributed by atoms with Crippen LogP contribution in [-0.4, -0.2) is 23.2 Å². The number of hydrogen-bond donors (Lipinski definition) is 1. The third-order valence-corrected chi connectivity index (χ3v) is 5.65. The van der Waals surface area contributed by atoms with Crippen molar-refractivity contribution in [2.24, 2.45) is 11.3 Å². The molecule has 0 aromatic heterocycles. The molecule has 0 aromatic carbocycles. The Bertz CT molecular complexity index is 197. The van der Waals surface area contributed by atoms with Gasteiger partial charge >= 0.3 is 0 Å². The Kier molecular flexibility index (Phi) is 8.41. The lowest BCUT2D eigenvalue weighted by molar-refractivity contribution is 0.0536. The molecule has 0 aromatic rings. The van der Waals surface area contributed by atoms with Gasteiger partial charge in [0.25, 0.3) is 0 Å². The summed E-state index contributed by atoms with van der Waals surface area (Å²) >= 11 is 2.04. The predicted octanol–water partition coefficient (Wildman–Crippen LogP) is 4.88. The monoisotopic (exact) mass is 272 g/mol. The van der Waals surface area contributed by atoms with Crippen molar-refractivity contribution in [3.63, 3.8) is 0 Å². The first-order valence-electron chi connectivity index (χ1n) is 7.95. The van der Waals surface area contributed by atoms with Crippen molar-refractivity contribution < 1.29 is 5.11 Å². The highest BCUT2D eigenvalue weighted by Gasteiger charge is 2.33. The Balaban J connectivity index is 2.26. The van der Waals surface area contributed by atoms with E-state index in [4.69, 9.17) is 0 Å². The van der Waals surface area contributed by atoms with E-state index in [1.807, 2.05) is 11.8 Å². The van der Waals surface area contributed by atoms with Crippen LogP contribution in [0.25, 0.3) is 0 Å². The van der Waals surface area contributed by atoms with Gasteiger partial charge in [0.05, 0.1) is 0 Å². The van der Waals surface area contributed by atoms with Crippen LogP contribution in [0.1, 0.15) is 71.6 Å². The zero-order valence-electron chi connectivity index (χ0n) is 12.4. The van der Waals surface area contributed by atoms with Crippen molar-refractivity contribution in [2.75, 3.05) is 18.1 Å². The molecule has 0 aliphatic heterocycles. The lowest BCUT2D eigenvalue weighted by Gasteiger charge is -2.39. The van der Waals surface area contributed by atoms with E-state index in [1.54, 1.807) is 0 Å². The Hall–Kier alpha value is 0.310. The molecule has 0 saturated heterocycles. The Labute approximate surface area is 118 Å². The molecule has 0 unspecified atom stereocenters. The molecule has 0 amide bonds. The first-order chi connectivity index (χ1) is 8.76. The van der Waals surface area contributed by atoms with Crippen LogP contribution >= 0.6 is 11.8 Å². The fourth-order valence-corrected chi connectivity index (χ4v) is 3.89. The van der Waals surface area contributed by atoms with Crippen LogP contribution in [-0.2, 0) is 0 Å². The van der Waals surface area contributed by atoms with Gasteiger partial charge in [0.2, 0.25) is 0 Å². The summed E-state index contributed by atoms with van der Waals surface area (Å²) in [4.78, 5) is 0. The van der Waals surface area contributed by atoms with Gasteiger partial charge in [-0.2, -0.15) is 11.8 Å². The molecule has 108 valence electrons. The average molecular weight is 272 g/mol. The number of aliphatic hydroxyl groups is 1. The standard InChI is InChI=1S/C16H32OS/c1-3-5-7-15-8-11-16(14-17,12-9-15)10-6-13-18-4-2/h15,17H,3-14H2,1-2H3. The third kappa shape index (κ3) is 5.52. The summed E-state index contributed by atoms with van der Waals surface area (Å²) in [7, 11) is 0. The quantitative estimate of drug-likeness (QED) is 0.604. The van der Waals surface area contributed by atoms with Crippen molar-refractivity contribution >= 4 is 11.8 Å². The molecular formula is C16H32OS. The second kappa shape index (κ2) is 9.25. The molecule has 2 heteroatoms. The largest absolute Gasteiger partial charge is 0.396 e. The number of aliphatic hydroxyl groups excluding tert-OH is 1. The Morgan fingerprint density at radius 3 is 2.44 bits per heavy atom. The molecule has 1 aliphatic rings. The van der Waals surface area contributed by atoms with Gasteiger partial charge in [0.15, 0.2) is 0 Å². The maximum Gasteiger partial charge on any atom is 0.0487 e. The van der Waals surface area contributed by atoms with Crippen molar-refractivity contribution in [2.45, 2.75) is 71.6 Å². The number of unbranched alkanes of at least 4 members (excludes halogenated alkanes) is 1.